The number of halogens is 3. The first kappa shape index (κ1) is 17.4. The largest absolute Gasteiger partial charge is 0.545 e. The summed E-state index contributed by atoms with van der Waals surface area (Å²) in [6, 6.07) is 4.60. The third-order valence-electron chi connectivity index (χ3n) is 2.50. The molecule has 5 nitrogen and oxygen atoms in total. The molecule has 1 rings (SSSR count). The number of benzene rings is 1. The third-order valence-corrected chi connectivity index (χ3v) is 3.08. The van der Waals surface area contributed by atoms with Gasteiger partial charge in [-0.25, -0.2) is 0 Å². The highest BCUT2D eigenvalue weighted by molar-refractivity contribution is 7.86. The summed E-state index contributed by atoms with van der Waals surface area (Å²) in [6.07, 6.45) is -6.89. The van der Waals surface area contributed by atoms with E-state index in [0.29, 0.717) is 0 Å². The first-order chi connectivity index (χ1) is 9.48. The van der Waals surface area contributed by atoms with Crippen molar-refractivity contribution < 1.29 is 35.7 Å². The van der Waals surface area contributed by atoms with Gasteiger partial charge in [0, 0.05) is 6.42 Å². The number of rotatable bonds is 6. The van der Waals surface area contributed by atoms with Crippen LogP contribution in [0.25, 0.3) is 0 Å². The minimum absolute atomic E-state index is 0.134. The van der Waals surface area contributed by atoms with Gasteiger partial charge < -0.3 is 9.90 Å². The van der Waals surface area contributed by atoms with E-state index in [4.69, 9.17) is 0 Å². The molecule has 9 heteroatoms. The highest BCUT2D eigenvalue weighted by atomic mass is 32.2. The van der Waals surface area contributed by atoms with Crippen LogP contribution in [-0.2, 0) is 14.3 Å². The van der Waals surface area contributed by atoms with Gasteiger partial charge in [-0.3, -0.25) is 4.18 Å². The summed E-state index contributed by atoms with van der Waals surface area (Å²) in [5.74, 6) is -1.45. The van der Waals surface area contributed by atoms with Crippen molar-refractivity contribution in [3.63, 3.8) is 0 Å². The van der Waals surface area contributed by atoms with E-state index >= 15 is 0 Å². The lowest BCUT2D eigenvalue weighted by Crippen LogP contribution is -2.22. The Labute approximate surface area is 119 Å². The van der Waals surface area contributed by atoms with Crippen LogP contribution >= 0.6 is 0 Å². The van der Waals surface area contributed by atoms with Crippen LogP contribution < -0.4 is 5.11 Å². The van der Waals surface area contributed by atoms with Crippen molar-refractivity contribution in [2.45, 2.75) is 25.1 Å². The molecular formula is C12H12F3O5S-. The molecule has 1 aromatic carbocycles. The second-order valence-electron chi connectivity index (χ2n) is 4.35. The van der Waals surface area contributed by atoms with E-state index in [1.54, 1.807) is 0 Å². The molecule has 0 fully saturated rings. The number of aromatic carboxylic acids is 1. The van der Waals surface area contributed by atoms with E-state index in [0.717, 1.165) is 18.4 Å². The van der Waals surface area contributed by atoms with Crippen molar-refractivity contribution in [1.82, 2.24) is 0 Å². The van der Waals surface area contributed by atoms with Crippen LogP contribution in [0.1, 0.15) is 34.9 Å². The molecule has 21 heavy (non-hydrogen) atoms. The molecule has 0 radical (unpaired) electrons. The lowest BCUT2D eigenvalue weighted by atomic mass is 10.0. The van der Waals surface area contributed by atoms with E-state index in [1.165, 1.54) is 12.1 Å². The van der Waals surface area contributed by atoms with Crippen LogP contribution in [0, 0.1) is 0 Å². The number of carbonyl (C=O) groups excluding carboxylic acids is 1. The lowest BCUT2D eigenvalue weighted by Gasteiger charge is -2.18. The highest BCUT2D eigenvalue weighted by Crippen LogP contribution is 2.30. The molecule has 0 saturated heterocycles. The number of carboxylic acids is 1. The topological polar surface area (TPSA) is 83.5 Å². The summed E-state index contributed by atoms with van der Waals surface area (Å²) in [6.45, 7) is 0. The zero-order valence-corrected chi connectivity index (χ0v) is 11.7. The quantitative estimate of drug-likeness (QED) is 0.739. The maximum atomic E-state index is 12.2. The minimum atomic E-state index is -4.45. The normalized spacial score (nSPS) is 13.9. The van der Waals surface area contributed by atoms with E-state index < -0.39 is 41.2 Å². The first-order valence-corrected chi connectivity index (χ1v) is 7.56. The van der Waals surface area contributed by atoms with Gasteiger partial charge in [-0.2, -0.15) is 21.6 Å². The van der Waals surface area contributed by atoms with Crippen molar-refractivity contribution in [2.24, 2.45) is 0 Å². The third kappa shape index (κ3) is 6.58. The van der Waals surface area contributed by atoms with Crippen molar-refractivity contribution in [3.8, 4) is 0 Å². The molecule has 0 amide bonds. The summed E-state index contributed by atoms with van der Waals surface area (Å²) in [5, 5.41) is 10.6. The van der Waals surface area contributed by atoms with Crippen LogP contribution in [0.2, 0.25) is 0 Å². The molecule has 0 aliphatic carbocycles. The van der Waals surface area contributed by atoms with E-state index in [1.807, 2.05) is 0 Å². The van der Waals surface area contributed by atoms with E-state index in [-0.39, 0.29) is 11.1 Å². The maximum absolute atomic E-state index is 12.2. The van der Waals surface area contributed by atoms with Gasteiger partial charge in [0.05, 0.1) is 12.2 Å². The Balaban J connectivity index is 2.97. The van der Waals surface area contributed by atoms with Gasteiger partial charge >= 0.3 is 6.18 Å². The number of hydrogen-bond donors (Lipinski definition) is 0. The molecule has 1 aromatic rings. The lowest BCUT2D eigenvalue weighted by molar-refractivity contribution is -0.255. The van der Waals surface area contributed by atoms with Crippen molar-refractivity contribution in [2.75, 3.05) is 6.26 Å². The minimum Gasteiger partial charge on any atom is -0.545 e. The predicted molar refractivity (Wildman–Crippen MR) is 64.7 cm³/mol. The van der Waals surface area contributed by atoms with Crippen LogP contribution in [0.15, 0.2) is 24.3 Å². The monoisotopic (exact) mass is 325 g/mol. The summed E-state index contributed by atoms with van der Waals surface area (Å²) < 4.78 is 63.6. The van der Waals surface area contributed by atoms with E-state index in [2.05, 4.69) is 4.18 Å². The van der Waals surface area contributed by atoms with Crippen molar-refractivity contribution in [1.29, 1.82) is 0 Å². The Bertz CT molecular complexity index is 592. The molecule has 118 valence electrons. The Morgan fingerprint density at radius 3 is 2.19 bits per heavy atom. The summed E-state index contributed by atoms with van der Waals surface area (Å²) in [5.41, 5.74) is -0.0395. The van der Waals surface area contributed by atoms with Crippen molar-refractivity contribution >= 4 is 16.1 Å². The van der Waals surface area contributed by atoms with Gasteiger partial charge in [-0.05, 0) is 17.5 Å². The van der Waals surface area contributed by atoms with Gasteiger partial charge in [0.1, 0.15) is 6.10 Å². The molecule has 0 bridgehead atoms. The molecule has 1 atom stereocenters. The van der Waals surface area contributed by atoms with Crippen LogP contribution in [-0.4, -0.2) is 26.8 Å². The summed E-state index contributed by atoms with van der Waals surface area (Å²) in [4.78, 5) is 10.6. The van der Waals surface area contributed by atoms with E-state index in [9.17, 15) is 31.5 Å². The molecule has 0 aliphatic rings. The Kier molecular flexibility index (Phi) is 5.35. The molecule has 0 saturated carbocycles. The Morgan fingerprint density at radius 1 is 1.29 bits per heavy atom. The van der Waals surface area contributed by atoms with Gasteiger partial charge in [0.2, 0.25) is 0 Å². The van der Waals surface area contributed by atoms with Crippen molar-refractivity contribution in [3.05, 3.63) is 35.4 Å². The molecule has 0 spiro atoms. The standard InChI is InChI=1S/C12H13F3O5S/c1-21(18,19)20-10(6-7-12(13,14)15)8-2-4-9(5-3-8)11(16)17/h2-5,10H,6-7H2,1H3,(H,16,17)/p-1. The molecule has 0 N–H and O–H groups in total. The fourth-order valence-electron chi connectivity index (χ4n) is 1.61. The summed E-state index contributed by atoms with van der Waals surface area (Å²) in [7, 11) is -3.96. The van der Waals surface area contributed by atoms with Gasteiger partial charge in [-0.15, -0.1) is 0 Å². The number of alkyl halides is 3. The SMILES string of the molecule is CS(=O)(=O)OC(CCC(F)(F)F)c1ccc(C(=O)[O-])cc1. The fraction of sp³-hybridized carbons (Fsp3) is 0.417. The van der Waals surface area contributed by atoms with Gasteiger partial charge in [0.15, 0.2) is 0 Å². The number of hydrogen-bond acceptors (Lipinski definition) is 5. The predicted octanol–water partition coefficient (Wildman–Crippen LogP) is 1.41. The number of carboxylic acid groups (broad SMARTS) is 1. The van der Waals surface area contributed by atoms with Gasteiger partial charge in [0.25, 0.3) is 10.1 Å². The highest BCUT2D eigenvalue weighted by Gasteiger charge is 2.30. The molecule has 0 aromatic heterocycles. The Hall–Kier alpha value is -1.61. The second kappa shape index (κ2) is 6.44. The second-order valence-corrected chi connectivity index (χ2v) is 5.95. The smallest absolute Gasteiger partial charge is 0.389 e. The van der Waals surface area contributed by atoms with Crippen LogP contribution in [0.3, 0.4) is 0 Å². The molecular weight excluding hydrogens is 313 g/mol. The fourth-order valence-corrected chi connectivity index (χ4v) is 2.24. The van der Waals surface area contributed by atoms with Crippen LogP contribution in [0.4, 0.5) is 13.2 Å². The molecule has 1 unspecified atom stereocenters. The Morgan fingerprint density at radius 2 is 1.81 bits per heavy atom. The maximum Gasteiger partial charge on any atom is 0.389 e. The van der Waals surface area contributed by atoms with Crippen LogP contribution in [0.5, 0.6) is 0 Å². The zero-order valence-electron chi connectivity index (χ0n) is 10.9. The average Bonchev–Trinajstić information content (AvgIpc) is 2.32. The zero-order chi connectivity index (χ0) is 16.3. The van der Waals surface area contributed by atoms with Gasteiger partial charge in [-0.1, -0.05) is 24.3 Å². The molecule has 0 aliphatic heterocycles. The first-order valence-electron chi connectivity index (χ1n) is 5.74. The summed E-state index contributed by atoms with van der Waals surface area (Å²) >= 11 is 0. The average molecular weight is 325 g/mol. The number of carbonyl (C=O) groups is 1. The molecule has 0 heterocycles.